The highest BCUT2D eigenvalue weighted by Gasteiger charge is 2.26. The number of carbonyl (C=O) groups excluding carboxylic acids is 1. The van der Waals surface area contributed by atoms with Gasteiger partial charge in [0.2, 0.25) is 0 Å². The number of rotatable bonds is 6. The monoisotopic (exact) mass is 513 g/mol. The number of thiazole rings is 1. The highest BCUT2D eigenvalue weighted by molar-refractivity contribution is 7.99. The first-order valence-corrected chi connectivity index (χ1v) is 14.8. The normalized spacial score (nSPS) is 20.2. The molecule has 0 bridgehead atoms. The molecule has 0 radical (unpaired) electrons. The van der Waals surface area contributed by atoms with Crippen molar-refractivity contribution in [1.29, 1.82) is 0 Å². The zero-order valence-corrected chi connectivity index (χ0v) is 22.0. The number of piperidine rings is 1. The maximum absolute atomic E-state index is 13.0. The molecule has 0 aliphatic carbocycles. The summed E-state index contributed by atoms with van der Waals surface area (Å²) in [5, 5.41) is 8.83. The van der Waals surface area contributed by atoms with Crippen LogP contribution in [0.2, 0.25) is 0 Å². The number of thioether (sulfide) groups is 1. The van der Waals surface area contributed by atoms with E-state index in [9.17, 15) is 4.79 Å². The van der Waals surface area contributed by atoms with Crippen LogP contribution in [0.5, 0.6) is 0 Å². The SMILES string of the molecule is O=C(NC[C@@H]1CCCN(Cc2cccc3ccccc23)C1)c1csc(C2CCSc3ccccc32)n1. The van der Waals surface area contributed by atoms with E-state index in [0.717, 1.165) is 43.2 Å². The van der Waals surface area contributed by atoms with Gasteiger partial charge in [-0.3, -0.25) is 9.69 Å². The molecule has 1 fully saturated rings. The van der Waals surface area contributed by atoms with E-state index in [-0.39, 0.29) is 5.91 Å². The number of nitrogens with zero attached hydrogens (tertiary/aromatic N) is 2. The van der Waals surface area contributed by atoms with E-state index in [2.05, 4.69) is 76.9 Å². The summed E-state index contributed by atoms with van der Waals surface area (Å²) in [4.78, 5) is 21.6. The fraction of sp³-hybridized carbons (Fsp3) is 0.333. The molecule has 0 saturated carbocycles. The molecule has 2 aliphatic rings. The highest BCUT2D eigenvalue weighted by Crippen LogP contribution is 2.41. The molecule has 3 heterocycles. The zero-order valence-electron chi connectivity index (χ0n) is 20.4. The Morgan fingerprint density at radius 2 is 1.89 bits per heavy atom. The molecule has 1 unspecified atom stereocenters. The third kappa shape index (κ3) is 5.08. The van der Waals surface area contributed by atoms with Gasteiger partial charge in [-0.05, 0) is 65.4 Å². The summed E-state index contributed by atoms with van der Waals surface area (Å²) in [5.74, 6) is 1.83. The molecule has 2 aliphatic heterocycles. The molecule has 6 rings (SSSR count). The smallest absolute Gasteiger partial charge is 0.270 e. The van der Waals surface area contributed by atoms with Gasteiger partial charge in [-0.1, -0.05) is 60.7 Å². The van der Waals surface area contributed by atoms with Crippen molar-refractivity contribution in [3.8, 4) is 0 Å². The lowest BCUT2D eigenvalue weighted by Gasteiger charge is -2.33. The topological polar surface area (TPSA) is 45.2 Å². The van der Waals surface area contributed by atoms with Crippen LogP contribution in [0.15, 0.2) is 77.0 Å². The van der Waals surface area contributed by atoms with Gasteiger partial charge in [0.05, 0.1) is 0 Å². The molecule has 1 saturated heterocycles. The minimum atomic E-state index is -0.0397. The Kier molecular flexibility index (Phi) is 7.08. The molecular formula is C30H31N3OS2. The number of fused-ring (bicyclic) bond motifs is 2. The number of aromatic nitrogens is 1. The van der Waals surface area contributed by atoms with Gasteiger partial charge in [0, 0.05) is 35.8 Å². The summed E-state index contributed by atoms with van der Waals surface area (Å²) < 4.78 is 0. The summed E-state index contributed by atoms with van der Waals surface area (Å²) in [6.07, 6.45) is 3.40. The van der Waals surface area contributed by atoms with E-state index in [1.165, 1.54) is 33.2 Å². The number of hydrogen-bond donors (Lipinski definition) is 1. The summed E-state index contributed by atoms with van der Waals surface area (Å²) in [6, 6.07) is 23.8. The highest BCUT2D eigenvalue weighted by atomic mass is 32.2. The van der Waals surface area contributed by atoms with Crippen LogP contribution >= 0.6 is 23.1 Å². The number of likely N-dealkylation sites (tertiary alicyclic amines) is 1. The summed E-state index contributed by atoms with van der Waals surface area (Å²) in [6.45, 7) is 3.80. The van der Waals surface area contributed by atoms with Crippen molar-refractivity contribution in [3.63, 3.8) is 0 Å². The minimum absolute atomic E-state index is 0.0397. The van der Waals surface area contributed by atoms with Crippen LogP contribution in [0.4, 0.5) is 0 Å². The van der Waals surface area contributed by atoms with E-state index in [0.29, 0.717) is 24.1 Å². The molecule has 1 aromatic heterocycles. The second-order valence-corrected chi connectivity index (χ2v) is 11.9. The minimum Gasteiger partial charge on any atom is -0.350 e. The molecule has 4 nitrogen and oxygen atoms in total. The molecular weight excluding hydrogens is 482 g/mol. The molecule has 2 atom stereocenters. The molecule has 3 aromatic carbocycles. The van der Waals surface area contributed by atoms with Gasteiger partial charge in [-0.2, -0.15) is 0 Å². The third-order valence-corrected chi connectivity index (χ3v) is 9.52. The Balaban J connectivity index is 1.06. The van der Waals surface area contributed by atoms with Gasteiger partial charge in [0.15, 0.2) is 0 Å². The van der Waals surface area contributed by atoms with Gasteiger partial charge >= 0.3 is 0 Å². The Morgan fingerprint density at radius 1 is 1.03 bits per heavy atom. The molecule has 1 amide bonds. The van der Waals surface area contributed by atoms with Crippen LogP contribution < -0.4 is 5.32 Å². The molecule has 6 heteroatoms. The van der Waals surface area contributed by atoms with Gasteiger partial charge in [-0.25, -0.2) is 4.98 Å². The first-order valence-electron chi connectivity index (χ1n) is 12.9. The number of hydrogen-bond acceptors (Lipinski definition) is 5. The predicted molar refractivity (Wildman–Crippen MR) is 150 cm³/mol. The van der Waals surface area contributed by atoms with E-state index in [1.807, 2.05) is 17.1 Å². The van der Waals surface area contributed by atoms with Crippen LogP contribution in [0.1, 0.15) is 51.8 Å². The second-order valence-electron chi connectivity index (χ2n) is 9.89. The molecule has 184 valence electrons. The molecule has 1 N–H and O–H groups in total. The largest absolute Gasteiger partial charge is 0.350 e. The molecule has 36 heavy (non-hydrogen) atoms. The lowest BCUT2D eigenvalue weighted by Crippen LogP contribution is -2.40. The Morgan fingerprint density at radius 3 is 2.86 bits per heavy atom. The third-order valence-electron chi connectivity index (χ3n) is 7.44. The van der Waals surface area contributed by atoms with Crippen LogP contribution in [-0.2, 0) is 6.54 Å². The fourth-order valence-corrected chi connectivity index (χ4v) is 7.69. The van der Waals surface area contributed by atoms with Crippen molar-refractivity contribution in [2.45, 2.75) is 36.6 Å². The fourth-order valence-electron chi connectivity index (χ4n) is 5.61. The predicted octanol–water partition coefficient (Wildman–Crippen LogP) is 6.57. The lowest BCUT2D eigenvalue weighted by atomic mass is 9.96. The lowest BCUT2D eigenvalue weighted by molar-refractivity contribution is 0.0926. The van der Waals surface area contributed by atoms with Crippen molar-refractivity contribution in [1.82, 2.24) is 15.2 Å². The average molecular weight is 514 g/mol. The number of carbonyl (C=O) groups is 1. The van der Waals surface area contributed by atoms with E-state index in [1.54, 1.807) is 11.3 Å². The van der Waals surface area contributed by atoms with Crippen LogP contribution in [-0.4, -0.2) is 41.2 Å². The van der Waals surface area contributed by atoms with Crippen molar-refractivity contribution in [3.05, 3.63) is 93.9 Å². The summed E-state index contributed by atoms with van der Waals surface area (Å²) >= 11 is 3.54. The zero-order chi connectivity index (χ0) is 24.3. The van der Waals surface area contributed by atoms with E-state index in [4.69, 9.17) is 4.98 Å². The maximum atomic E-state index is 13.0. The Labute approximate surface area is 221 Å². The number of benzene rings is 3. The standard InChI is InChI=1S/C30H31N3OS2/c34-29(27-20-36-30(32-27)26-14-16-35-28-13-4-3-12-25(26)28)31-17-21-7-6-15-33(18-21)19-23-10-5-9-22-8-1-2-11-24(22)23/h1-5,8-13,20-21,26H,6-7,14-19H2,(H,31,34)/t21-,26?/m0/s1. The Hall–Kier alpha value is -2.67. The van der Waals surface area contributed by atoms with Crippen molar-refractivity contribution < 1.29 is 4.79 Å². The quantitative estimate of drug-likeness (QED) is 0.317. The second kappa shape index (κ2) is 10.8. The summed E-state index contributed by atoms with van der Waals surface area (Å²) in [7, 11) is 0. The van der Waals surface area contributed by atoms with Gasteiger partial charge in [0.1, 0.15) is 10.7 Å². The van der Waals surface area contributed by atoms with Crippen LogP contribution in [0, 0.1) is 5.92 Å². The van der Waals surface area contributed by atoms with Crippen molar-refractivity contribution in [2.24, 2.45) is 5.92 Å². The first-order chi connectivity index (χ1) is 17.7. The number of amides is 1. The van der Waals surface area contributed by atoms with Crippen LogP contribution in [0.3, 0.4) is 0 Å². The van der Waals surface area contributed by atoms with E-state index >= 15 is 0 Å². The molecule has 4 aromatic rings. The van der Waals surface area contributed by atoms with E-state index < -0.39 is 0 Å². The number of nitrogens with one attached hydrogen (secondary N) is 1. The van der Waals surface area contributed by atoms with Crippen molar-refractivity contribution in [2.75, 3.05) is 25.4 Å². The van der Waals surface area contributed by atoms with Crippen molar-refractivity contribution >= 4 is 39.8 Å². The first kappa shape index (κ1) is 23.7. The maximum Gasteiger partial charge on any atom is 0.270 e. The Bertz CT molecular complexity index is 1360. The van der Waals surface area contributed by atoms with Crippen LogP contribution in [0.25, 0.3) is 10.8 Å². The van der Waals surface area contributed by atoms with Gasteiger partial charge < -0.3 is 5.32 Å². The molecule has 0 spiro atoms. The average Bonchev–Trinajstić information content (AvgIpc) is 3.42. The van der Waals surface area contributed by atoms with Gasteiger partial charge in [0.25, 0.3) is 5.91 Å². The van der Waals surface area contributed by atoms with Gasteiger partial charge in [-0.15, -0.1) is 23.1 Å². The summed E-state index contributed by atoms with van der Waals surface area (Å²) in [5.41, 5.74) is 3.30.